The third-order valence-corrected chi connectivity index (χ3v) is 4.24. The highest BCUT2D eigenvalue weighted by atomic mass is 79.9. The van der Waals surface area contributed by atoms with Crippen LogP contribution in [0.2, 0.25) is 0 Å². The van der Waals surface area contributed by atoms with Crippen molar-refractivity contribution in [1.82, 2.24) is 14.3 Å². The Morgan fingerprint density at radius 1 is 1.29 bits per heavy atom. The Kier molecular flexibility index (Phi) is 4.69. The fraction of sp³-hybridized carbons (Fsp3) is 0.222. The first-order valence-electron chi connectivity index (χ1n) is 7.64. The quantitative estimate of drug-likeness (QED) is 0.743. The maximum Gasteiger partial charge on any atom is 0.276 e. The van der Waals surface area contributed by atoms with Gasteiger partial charge < -0.3 is 14.6 Å². The minimum atomic E-state index is -0.194. The molecule has 2 heterocycles. The van der Waals surface area contributed by atoms with E-state index < -0.39 is 0 Å². The number of halogens is 1. The molecule has 0 unspecified atom stereocenters. The lowest BCUT2D eigenvalue weighted by molar-refractivity contribution is 0.102. The Labute approximate surface area is 149 Å². The Morgan fingerprint density at radius 2 is 2.08 bits per heavy atom. The molecule has 0 aliphatic carbocycles. The lowest BCUT2D eigenvalue weighted by Gasteiger charge is -2.12. The van der Waals surface area contributed by atoms with Crippen LogP contribution in [-0.4, -0.2) is 34.3 Å². The highest BCUT2D eigenvalue weighted by molar-refractivity contribution is 9.10. The van der Waals surface area contributed by atoms with E-state index in [-0.39, 0.29) is 5.91 Å². The predicted molar refractivity (Wildman–Crippen MR) is 99.4 cm³/mol. The fourth-order valence-electron chi connectivity index (χ4n) is 2.63. The van der Waals surface area contributed by atoms with Gasteiger partial charge in [0.05, 0.1) is 5.69 Å². The summed E-state index contributed by atoms with van der Waals surface area (Å²) < 4.78 is 2.95. The van der Waals surface area contributed by atoms with E-state index in [1.165, 1.54) is 0 Å². The van der Waals surface area contributed by atoms with E-state index in [0.29, 0.717) is 12.2 Å². The number of nitrogens with zero attached hydrogens (tertiary/aromatic N) is 3. The molecule has 0 radical (unpaired) electrons. The highest BCUT2D eigenvalue weighted by Gasteiger charge is 2.19. The van der Waals surface area contributed by atoms with Gasteiger partial charge in [-0.05, 0) is 56.9 Å². The predicted octanol–water partition coefficient (Wildman–Crippen LogP) is 3.72. The topological polar surface area (TPSA) is 49.6 Å². The molecule has 0 aliphatic heterocycles. The van der Waals surface area contributed by atoms with Crippen molar-refractivity contribution in [3.05, 3.63) is 64.0 Å². The van der Waals surface area contributed by atoms with Crippen molar-refractivity contribution in [1.29, 1.82) is 0 Å². The molecule has 3 aromatic rings. The van der Waals surface area contributed by atoms with Crippen LogP contribution in [0.3, 0.4) is 0 Å². The number of rotatable bonds is 4. The summed E-state index contributed by atoms with van der Waals surface area (Å²) in [6.45, 7) is 2.60. The van der Waals surface area contributed by atoms with Crippen LogP contribution < -0.4 is 5.32 Å². The number of carbonyl (C=O) groups excluding carboxylic acids is 1. The Morgan fingerprint density at radius 3 is 2.79 bits per heavy atom. The van der Waals surface area contributed by atoms with Gasteiger partial charge in [0.1, 0.15) is 5.65 Å². The van der Waals surface area contributed by atoms with Crippen LogP contribution in [0.15, 0.2) is 47.1 Å². The normalized spacial score (nSPS) is 11.2. The molecule has 1 amide bonds. The molecular formula is C18H19BrN4O. The molecule has 0 bridgehead atoms. The minimum absolute atomic E-state index is 0.194. The van der Waals surface area contributed by atoms with Crippen LogP contribution >= 0.6 is 15.9 Å². The Bertz CT molecular complexity index is 901. The summed E-state index contributed by atoms with van der Waals surface area (Å²) in [5.74, 6) is -0.194. The molecule has 0 saturated heterocycles. The van der Waals surface area contributed by atoms with Gasteiger partial charge in [-0.25, -0.2) is 4.98 Å². The maximum absolute atomic E-state index is 12.8. The van der Waals surface area contributed by atoms with Crippen LogP contribution in [-0.2, 0) is 6.54 Å². The van der Waals surface area contributed by atoms with E-state index in [4.69, 9.17) is 0 Å². The number of aromatic nitrogens is 2. The molecule has 1 N–H and O–H groups in total. The first kappa shape index (κ1) is 16.7. The molecule has 0 spiro atoms. The Hall–Kier alpha value is -2.18. The zero-order chi connectivity index (χ0) is 17.3. The number of imidazole rings is 1. The number of hydrogen-bond acceptors (Lipinski definition) is 3. The lowest BCUT2D eigenvalue weighted by atomic mass is 10.2. The smallest absolute Gasteiger partial charge is 0.276 e. The van der Waals surface area contributed by atoms with Gasteiger partial charge in [-0.3, -0.25) is 4.79 Å². The highest BCUT2D eigenvalue weighted by Crippen LogP contribution is 2.22. The zero-order valence-electron chi connectivity index (χ0n) is 13.9. The lowest BCUT2D eigenvalue weighted by Crippen LogP contribution is -2.19. The third-order valence-electron chi connectivity index (χ3n) is 3.75. The molecule has 124 valence electrons. The van der Waals surface area contributed by atoms with Crippen molar-refractivity contribution in [3.63, 3.8) is 0 Å². The standard InChI is InChI=1S/C18H19BrN4O/c1-12-10-13(19)7-8-14(12)20-18(24)17-15(11-22(2)3)23-9-5-4-6-16(23)21-17/h4-10H,11H2,1-3H3,(H,20,24). The van der Waals surface area contributed by atoms with Crippen LogP contribution in [0.5, 0.6) is 0 Å². The fourth-order valence-corrected chi connectivity index (χ4v) is 3.10. The van der Waals surface area contributed by atoms with Crippen molar-refractivity contribution < 1.29 is 4.79 Å². The molecule has 6 heteroatoms. The maximum atomic E-state index is 12.8. The van der Waals surface area contributed by atoms with Gasteiger partial charge in [-0.1, -0.05) is 22.0 Å². The van der Waals surface area contributed by atoms with E-state index >= 15 is 0 Å². The van der Waals surface area contributed by atoms with Crippen molar-refractivity contribution in [3.8, 4) is 0 Å². The van der Waals surface area contributed by atoms with Crippen LogP contribution in [0, 0.1) is 6.92 Å². The first-order chi connectivity index (χ1) is 11.5. The largest absolute Gasteiger partial charge is 0.320 e. The van der Waals surface area contributed by atoms with Crippen LogP contribution in [0.1, 0.15) is 21.7 Å². The number of amides is 1. The van der Waals surface area contributed by atoms with Crippen LogP contribution in [0.4, 0.5) is 5.69 Å². The van der Waals surface area contributed by atoms with Crippen LogP contribution in [0.25, 0.3) is 5.65 Å². The summed E-state index contributed by atoms with van der Waals surface area (Å²) in [6.07, 6.45) is 1.93. The van der Waals surface area contributed by atoms with Gasteiger partial charge in [0.2, 0.25) is 0 Å². The monoisotopic (exact) mass is 386 g/mol. The average Bonchev–Trinajstić information content (AvgIpc) is 2.88. The number of nitrogens with one attached hydrogen (secondary N) is 1. The molecule has 1 aromatic carbocycles. The van der Waals surface area contributed by atoms with Gasteiger partial charge >= 0.3 is 0 Å². The molecule has 0 fully saturated rings. The molecule has 24 heavy (non-hydrogen) atoms. The van der Waals surface area contributed by atoms with Crippen molar-refractivity contribution in [2.24, 2.45) is 0 Å². The zero-order valence-corrected chi connectivity index (χ0v) is 15.5. The second kappa shape index (κ2) is 6.75. The minimum Gasteiger partial charge on any atom is -0.320 e. The molecule has 3 rings (SSSR count). The SMILES string of the molecule is Cc1cc(Br)ccc1NC(=O)c1nc2ccccn2c1CN(C)C. The summed E-state index contributed by atoms with van der Waals surface area (Å²) in [6, 6.07) is 11.5. The van der Waals surface area contributed by atoms with Gasteiger partial charge in [0, 0.05) is 22.9 Å². The first-order valence-corrected chi connectivity index (χ1v) is 8.43. The number of hydrogen-bond donors (Lipinski definition) is 1. The van der Waals surface area contributed by atoms with Gasteiger partial charge in [-0.15, -0.1) is 0 Å². The number of carbonyl (C=O) groups is 1. The summed E-state index contributed by atoms with van der Waals surface area (Å²) >= 11 is 3.44. The van der Waals surface area contributed by atoms with E-state index in [1.54, 1.807) is 0 Å². The average molecular weight is 387 g/mol. The number of benzene rings is 1. The number of aryl methyl sites for hydroxylation is 1. The molecule has 0 atom stereocenters. The van der Waals surface area contributed by atoms with E-state index in [9.17, 15) is 4.79 Å². The summed E-state index contributed by atoms with van der Waals surface area (Å²) in [7, 11) is 3.95. The summed E-state index contributed by atoms with van der Waals surface area (Å²) in [4.78, 5) is 19.4. The molecule has 5 nitrogen and oxygen atoms in total. The number of anilines is 1. The molecule has 0 aliphatic rings. The van der Waals surface area contributed by atoms with E-state index in [1.807, 2.05) is 72.9 Å². The molecule has 2 aromatic heterocycles. The van der Waals surface area contributed by atoms with Gasteiger partial charge in [0.15, 0.2) is 5.69 Å². The third kappa shape index (κ3) is 3.34. The van der Waals surface area contributed by atoms with Crippen molar-refractivity contribution in [2.75, 3.05) is 19.4 Å². The van der Waals surface area contributed by atoms with E-state index in [2.05, 4.69) is 26.2 Å². The second-order valence-corrected chi connectivity index (χ2v) is 6.90. The van der Waals surface area contributed by atoms with Gasteiger partial charge in [-0.2, -0.15) is 0 Å². The summed E-state index contributed by atoms with van der Waals surface area (Å²) in [5, 5.41) is 2.97. The molecule has 0 saturated carbocycles. The number of fused-ring (bicyclic) bond motifs is 1. The number of pyridine rings is 1. The van der Waals surface area contributed by atoms with Crippen molar-refractivity contribution >= 4 is 33.2 Å². The van der Waals surface area contributed by atoms with E-state index in [0.717, 1.165) is 27.1 Å². The van der Waals surface area contributed by atoms with Crippen molar-refractivity contribution in [2.45, 2.75) is 13.5 Å². The Balaban J connectivity index is 1.99. The second-order valence-electron chi connectivity index (χ2n) is 5.99. The molecular weight excluding hydrogens is 368 g/mol. The van der Waals surface area contributed by atoms with Gasteiger partial charge in [0.25, 0.3) is 5.91 Å². The summed E-state index contributed by atoms with van der Waals surface area (Å²) in [5.41, 5.74) is 3.89.